The van der Waals surface area contributed by atoms with E-state index in [2.05, 4.69) is 39.3 Å². The van der Waals surface area contributed by atoms with E-state index in [-0.39, 0.29) is 5.78 Å². The number of nitrogens with zero attached hydrogens (tertiary/aromatic N) is 1. The van der Waals surface area contributed by atoms with Gasteiger partial charge in [0.25, 0.3) is 0 Å². The molecule has 2 nitrogen and oxygen atoms in total. The lowest BCUT2D eigenvalue weighted by atomic mass is 10.1. The Morgan fingerprint density at radius 1 is 1.32 bits per heavy atom. The standard InChI is InChI=1S/C15H16BrNOS/c1-3-15(18)11-4-6-13(7-5-11)17(2)9-14-8-12(16)10-19-14/h4-8,10H,3,9H2,1-2H3. The van der Waals surface area contributed by atoms with Gasteiger partial charge >= 0.3 is 0 Å². The third-order valence-electron chi connectivity index (χ3n) is 2.97. The molecule has 0 bridgehead atoms. The van der Waals surface area contributed by atoms with Crippen molar-refractivity contribution in [1.82, 2.24) is 0 Å². The first-order valence-corrected chi connectivity index (χ1v) is 7.84. The summed E-state index contributed by atoms with van der Waals surface area (Å²) in [6.45, 7) is 2.76. The first-order chi connectivity index (χ1) is 9.10. The lowest BCUT2D eigenvalue weighted by Gasteiger charge is -2.18. The molecule has 1 aromatic heterocycles. The summed E-state index contributed by atoms with van der Waals surface area (Å²) in [6.07, 6.45) is 0.554. The van der Waals surface area contributed by atoms with Crippen LogP contribution in [0.1, 0.15) is 28.6 Å². The Morgan fingerprint density at radius 2 is 2.00 bits per heavy atom. The van der Waals surface area contributed by atoms with Gasteiger partial charge in [-0.1, -0.05) is 6.92 Å². The van der Waals surface area contributed by atoms with Gasteiger partial charge < -0.3 is 4.90 Å². The average Bonchev–Trinajstić information content (AvgIpc) is 2.83. The van der Waals surface area contributed by atoms with Crippen LogP contribution in [0.3, 0.4) is 0 Å². The van der Waals surface area contributed by atoms with Crippen LogP contribution in [0.5, 0.6) is 0 Å². The number of carbonyl (C=O) groups excluding carboxylic acids is 1. The van der Waals surface area contributed by atoms with Gasteiger partial charge in [-0.2, -0.15) is 0 Å². The molecule has 0 radical (unpaired) electrons. The normalized spacial score (nSPS) is 10.5. The molecule has 0 saturated carbocycles. The highest BCUT2D eigenvalue weighted by molar-refractivity contribution is 9.10. The smallest absolute Gasteiger partial charge is 0.162 e. The second kappa shape index (κ2) is 6.35. The third kappa shape index (κ3) is 3.67. The maximum Gasteiger partial charge on any atom is 0.162 e. The van der Waals surface area contributed by atoms with Crippen LogP contribution in [0.15, 0.2) is 40.2 Å². The summed E-state index contributed by atoms with van der Waals surface area (Å²) in [4.78, 5) is 15.1. The molecule has 2 aromatic rings. The predicted molar refractivity (Wildman–Crippen MR) is 85.2 cm³/mol. The third-order valence-corrected chi connectivity index (χ3v) is 4.65. The molecule has 0 aliphatic carbocycles. The van der Waals surface area contributed by atoms with Crippen molar-refractivity contribution in [2.24, 2.45) is 0 Å². The van der Waals surface area contributed by atoms with Gasteiger partial charge in [0.05, 0.1) is 6.54 Å². The number of halogens is 1. The second-order valence-corrected chi connectivity index (χ2v) is 6.32. The van der Waals surface area contributed by atoms with E-state index in [1.54, 1.807) is 11.3 Å². The first kappa shape index (κ1) is 14.3. The molecule has 0 spiro atoms. The Hall–Kier alpha value is -1.13. The fourth-order valence-corrected chi connectivity index (χ4v) is 3.37. The molecule has 0 unspecified atom stereocenters. The number of hydrogen-bond donors (Lipinski definition) is 0. The summed E-state index contributed by atoms with van der Waals surface area (Å²) in [5.41, 5.74) is 1.91. The van der Waals surface area contributed by atoms with Crippen LogP contribution in [0.25, 0.3) is 0 Å². The summed E-state index contributed by atoms with van der Waals surface area (Å²) < 4.78 is 1.13. The number of carbonyl (C=O) groups is 1. The molecule has 0 saturated heterocycles. The SMILES string of the molecule is CCC(=O)c1ccc(N(C)Cc2cc(Br)cs2)cc1. The Balaban J connectivity index is 2.07. The van der Waals surface area contributed by atoms with Crippen molar-refractivity contribution >= 4 is 38.7 Å². The molecule has 2 rings (SSSR count). The topological polar surface area (TPSA) is 20.3 Å². The van der Waals surface area contributed by atoms with Crippen LogP contribution < -0.4 is 4.90 Å². The number of thiophene rings is 1. The van der Waals surface area contributed by atoms with Crippen LogP contribution in [-0.4, -0.2) is 12.8 Å². The minimum Gasteiger partial charge on any atom is -0.369 e. The van der Waals surface area contributed by atoms with Gasteiger partial charge in [-0.3, -0.25) is 4.79 Å². The van der Waals surface area contributed by atoms with Crippen molar-refractivity contribution < 1.29 is 4.79 Å². The van der Waals surface area contributed by atoms with Gasteiger partial charge in [-0.25, -0.2) is 0 Å². The van der Waals surface area contributed by atoms with Crippen molar-refractivity contribution in [3.63, 3.8) is 0 Å². The van der Waals surface area contributed by atoms with Gasteiger partial charge in [0, 0.05) is 39.4 Å². The summed E-state index contributed by atoms with van der Waals surface area (Å²) in [6, 6.07) is 9.96. The molecule has 0 aliphatic heterocycles. The van der Waals surface area contributed by atoms with Crippen molar-refractivity contribution in [1.29, 1.82) is 0 Å². The van der Waals surface area contributed by atoms with Gasteiger partial charge in [0.2, 0.25) is 0 Å². The van der Waals surface area contributed by atoms with Crippen LogP contribution in [-0.2, 0) is 6.54 Å². The molecular weight excluding hydrogens is 322 g/mol. The molecule has 1 heterocycles. The number of anilines is 1. The molecule has 1 aromatic carbocycles. The van der Waals surface area contributed by atoms with E-state index in [1.807, 2.05) is 31.2 Å². The molecule has 0 amide bonds. The molecule has 0 atom stereocenters. The molecule has 100 valence electrons. The fraction of sp³-hybridized carbons (Fsp3) is 0.267. The van der Waals surface area contributed by atoms with Crippen molar-refractivity contribution in [2.75, 3.05) is 11.9 Å². The molecule has 19 heavy (non-hydrogen) atoms. The van der Waals surface area contributed by atoms with Crippen molar-refractivity contribution in [3.8, 4) is 0 Å². The predicted octanol–water partition coefficient (Wildman–Crippen LogP) is 4.74. The van der Waals surface area contributed by atoms with Crippen molar-refractivity contribution in [3.05, 3.63) is 50.6 Å². The highest BCUT2D eigenvalue weighted by Crippen LogP contribution is 2.23. The molecule has 4 heteroatoms. The minimum absolute atomic E-state index is 0.191. The Bertz CT molecular complexity index is 562. The molecule has 0 fully saturated rings. The lowest BCUT2D eigenvalue weighted by molar-refractivity contribution is 0.0988. The zero-order valence-electron chi connectivity index (χ0n) is 11.0. The first-order valence-electron chi connectivity index (χ1n) is 6.17. The van der Waals surface area contributed by atoms with Crippen LogP contribution in [0.4, 0.5) is 5.69 Å². The Labute approximate surface area is 126 Å². The quantitative estimate of drug-likeness (QED) is 0.734. The van der Waals surface area contributed by atoms with E-state index in [1.165, 1.54) is 4.88 Å². The number of ketones is 1. The lowest BCUT2D eigenvalue weighted by Crippen LogP contribution is -2.15. The second-order valence-electron chi connectivity index (χ2n) is 4.41. The summed E-state index contributed by atoms with van der Waals surface area (Å²) in [7, 11) is 2.06. The zero-order chi connectivity index (χ0) is 13.8. The van der Waals surface area contributed by atoms with Gasteiger partial charge in [0.15, 0.2) is 5.78 Å². The van der Waals surface area contributed by atoms with Gasteiger partial charge in [0.1, 0.15) is 0 Å². The van der Waals surface area contributed by atoms with Crippen LogP contribution >= 0.6 is 27.3 Å². The van der Waals surface area contributed by atoms with Crippen molar-refractivity contribution in [2.45, 2.75) is 19.9 Å². The van der Waals surface area contributed by atoms with E-state index in [0.29, 0.717) is 6.42 Å². The van der Waals surface area contributed by atoms with E-state index in [9.17, 15) is 4.79 Å². The maximum absolute atomic E-state index is 11.6. The van der Waals surface area contributed by atoms with E-state index in [4.69, 9.17) is 0 Å². The highest BCUT2D eigenvalue weighted by atomic mass is 79.9. The summed E-state index contributed by atoms with van der Waals surface area (Å²) in [5, 5.41) is 2.09. The molecule has 0 aliphatic rings. The maximum atomic E-state index is 11.6. The van der Waals surface area contributed by atoms with Crippen LogP contribution in [0, 0.1) is 0 Å². The highest BCUT2D eigenvalue weighted by Gasteiger charge is 2.06. The number of benzene rings is 1. The van der Waals surface area contributed by atoms with Gasteiger partial charge in [-0.15, -0.1) is 11.3 Å². The minimum atomic E-state index is 0.191. The summed E-state index contributed by atoms with van der Waals surface area (Å²) in [5.74, 6) is 0.191. The number of hydrogen-bond acceptors (Lipinski definition) is 3. The fourth-order valence-electron chi connectivity index (χ4n) is 1.87. The van der Waals surface area contributed by atoms with Gasteiger partial charge in [-0.05, 0) is 46.3 Å². The molecule has 0 N–H and O–H groups in total. The van der Waals surface area contributed by atoms with E-state index < -0.39 is 0 Å². The Morgan fingerprint density at radius 3 is 2.53 bits per heavy atom. The number of Topliss-reactive ketones (excluding diaryl/α,β-unsaturated/α-hetero) is 1. The summed E-state index contributed by atoms with van der Waals surface area (Å²) >= 11 is 5.21. The van der Waals surface area contributed by atoms with E-state index >= 15 is 0 Å². The van der Waals surface area contributed by atoms with Crippen LogP contribution in [0.2, 0.25) is 0 Å². The molecular formula is C15H16BrNOS. The van der Waals surface area contributed by atoms with E-state index in [0.717, 1.165) is 22.3 Å². The monoisotopic (exact) mass is 337 g/mol. The zero-order valence-corrected chi connectivity index (χ0v) is 13.4. The Kier molecular flexibility index (Phi) is 4.77. The largest absolute Gasteiger partial charge is 0.369 e. The average molecular weight is 338 g/mol. The number of rotatable bonds is 5.